The van der Waals surface area contributed by atoms with Crippen molar-refractivity contribution in [3.63, 3.8) is 0 Å². The van der Waals surface area contributed by atoms with Gasteiger partial charge in [-0.1, -0.05) is 5.16 Å². The minimum absolute atomic E-state index is 0.0562. The zero-order valence-corrected chi connectivity index (χ0v) is 12.7. The molecule has 1 unspecified atom stereocenters. The largest absolute Gasteiger partial charge is 0.477 e. The van der Waals surface area contributed by atoms with Crippen molar-refractivity contribution in [2.45, 2.75) is 57.7 Å². The highest BCUT2D eigenvalue weighted by atomic mass is 16.7. The fourth-order valence-corrected chi connectivity index (χ4v) is 2.58. The maximum absolute atomic E-state index is 12.1. The molecule has 1 spiro atoms. The van der Waals surface area contributed by atoms with Gasteiger partial charge in [0, 0.05) is 25.9 Å². The molecule has 1 saturated heterocycles. The van der Waals surface area contributed by atoms with E-state index >= 15 is 0 Å². The van der Waals surface area contributed by atoms with Gasteiger partial charge in [-0.2, -0.15) is 0 Å². The van der Waals surface area contributed by atoms with Crippen molar-refractivity contribution in [3.05, 3.63) is 0 Å². The number of hydrogen-bond donors (Lipinski definition) is 1. The molecular weight excluding hydrogens is 276 g/mol. The lowest BCUT2D eigenvalue weighted by molar-refractivity contribution is -0.129. The van der Waals surface area contributed by atoms with Gasteiger partial charge in [-0.15, -0.1) is 0 Å². The van der Waals surface area contributed by atoms with Crippen molar-refractivity contribution in [1.29, 1.82) is 0 Å². The Bertz CT molecular complexity index is 468. The lowest BCUT2D eigenvalue weighted by atomic mass is 9.90. The van der Waals surface area contributed by atoms with E-state index in [1.165, 1.54) is 0 Å². The monoisotopic (exact) mass is 298 g/mol. The maximum atomic E-state index is 12.1. The number of rotatable bonds is 1. The lowest BCUT2D eigenvalue weighted by Crippen LogP contribution is -2.38. The molecule has 0 aliphatic carbocycles. The van der Waals surface area contributed by atoms with E-state index in [0.29, 0.717) is 32.4 Å². The summed E-state index contributed by atoms with van der Waals surface area (Å²) in [6.07, 6.45) is 1.95. The second-order valence-corrected chi connectivity index (χ2v) is 6.62. The van der Waals surface area contributed by atoms with Crippen LogP contribution in [0.1, 0.15) is 46.5 Å². The van der Waals surface area contributed by atoms with E-state index < -0.39 is 17.2 Å². The Labute approximate surface area is 123 Å². The number of hydrogen-bond acceptors (Lipinski definition) is 5. The summed E-state index contributed by atoms with van der Waals surface area (Å²) < 4.78 is 5.37. The highest BCUT2D eigenvalue weighted by Gasteiger charge is 2.43. The van der Waals surface area contributed by atoms with Gasteiger partial charge in [-0.25, -0.2) is 9.59 Å². The second kappa shape index (κ2) is 5.54. The molecule has 0 aromatic heterocycles. The summed E-state index contributed by atoms with van der Waals surface area (Å²) in [6, 6.07) is 0. The van der Waals surface area contributed by atoms with Gasteiger partial charge < -0.3 is 19.6 Å². The van der Waals surface area contributed by atoms with Crippen molar-refractivity contribution in [3.8, 4) is 0 Å². The zero-order chi connectivity index (χ0) is 15.7. The van der Waals surface area contributed by atoms with Crippen LogP contribution >= 0.6 is 0 Å². The molecular formula is C14H22N2O5. The van der Waals surface area contributed by atoms with Crippen molar-refractivity contribution in [2.75, 3.05) is 13.1 Å². The van der Waals surface area contributed by atoms with Gasteiger partial charge in [0.15, 0.2) is 5.71 Å². The molecule has 0 bridgehead atoms. The smallest absolute Gasteiger partial charge is 0.410 e. The molecule has 0 saturated carbocycles. The molecule has 0 radical (unpaired) electrons. The van der Waals surface area contributed by atoms with Crippen molar-refractivity contribution < 1.29 is 24.3 Å². The SMILES string of the molecule is CC(C)(C)OC(=O)N1CCCC2(CC1)CC(C(=O)O)=NO2. The zero-order valence-electron chi connectivity index (χ0n) is 12.7. The number of oxime groups is 1. The van der Waals surface area contributed by atoms with E-state index in [1.54, 1.807) is 4.90 Å². The summed E-state index contributed by atoms with van der Waals surface area (Å²) in [5.41, 5.74) is -1.05. The average Bonchev–Trinajstić information content (AvgIpc) is 2.63. The van der Waals surface area contributed by atoms with Crippen LogP contribution in [0.4, 0.5) is 4.79 Å². The molecule has 7 heteroatoms. The summed E-state index contributed by atoms with van der Waals surface area (Å²) in [5.74, 6) is -1.04. The number of carbonyl (C=O) groups is 2. The summed E-state index contributed by atoms with van der Waals surface area (Å²) in [5, 5.41) is 12.6. The molecule has 2 rings (SSSR count). The van der Waals surface area contributed by atoms with Gasteiger partial charge in [0.2, 0.25) is 0 Å². The van der Waals surface area contributed by atoms with E-state index in [4.69, 9.17) is 14.7 Å². The average molecular weight is 298 g/mol. The number of carboxylic acids is 1. The number of nitrogens with zero attached hydrogens (tertiary/aromatic N) is 2. The Hall–Kier alpha value is -1.79. The second-order valence-electron chi connectivity index (χ2n) is 6.62. The summed E-state index contributed by atoms with van der Waals surface area (Å²) in [4.78, 5) is 30.1. The first-order valence-electron chi connectivity index (χ1n) is 7.17. The fourth-order valence-electron chi connectivity index (χ4n) is 2.58. The number of aliphatic carboxylic acids is 1. The van der Waals surface area contributed by atoms with E-state index in [1.807, 2.05) is 20.8 Å². The molecule has 2 aliphatic rings. The normalized spacial score (nSPS) is 26.0. The molecule has 0 aromatic rings. The molecule has 21 heavy (non-hydrogen) atoms. The molecule has 2 aliphatic heterocycles. The Morgan fingerprint density at radius 1 is 1.33 bits per heavy atom. The Morgan fingerprint density at radius 3 is 2.62 bits per heavy atom. The molecule has 1 amide bonds. The quantitative estimate of drug-likeness (QED) is 0.800. The van der Waals surface area contributed by atoms with E-state index in [0.717, 1.165) is 6.42 Å². The maximum Gasteiger partial charge on any atom is 0.410 e. The van der Waals surface area contributed by atoms with Crippen LogP contribution in [-0.2, 0) is 14.4 Å². The van der Waals surface area contributed by atoms with Crippen LogP contribution in [0.5, 0.6) is 0 Å². The lowest BCUT2D eigenvalue weighted by Gasteiger charge is -2.27. The molecule has 1 N–H and O–H groups in total. The van der Waals surface area contributed by atoms with Crippen LogP contribution < -0.4 is 0 Å². The molecule has 1 fully saturated rings. The van der Waals surface area contributed by atoms with Gasteiger partial charge in [0.1, 0.15) is 11.2 Å². The number of amides is 1. The third-order valence-corrected chi connectivity index (χ3v) is 3.64. The highest BCUT2D eigenvalue weighted by molar-refractivity contribution is 6.36. The predicted molar refractivity (Wildman–Crippen MR) is 75.2 cm³/mol. The van der Waals surface area contributed by atoms with Gasteiger partial charge in [0.05, 0.1) is 0 Å². The van der Waals surface area contributed by atoms with E-state index in [-0.39, 0.29) is 11.8 Å². The third-order valence-electron chi connectivity index (χ3n) is 3.64. The van der Waals surface area contributed by atoms with E-state index in [9.17, 15) is 9.59 Å². The first-order valence-corrected chi connectivity index (χ1v) is 7.17. The van der Waals surface area contributed by atoms with Gasteiger partial charge in [-0.3, -0.25) is 0 Å². The number of carboxylic acid groups (broad SMARTS) is 1. The van der Waals surface area contributed by atoms with Crippen LogP contribution in [0.3, 0.4) is 0 Å². The first kappa shape index (κ1) is 15.6. The molecule has 0 aromatic carbocycles. The van der Waals surface area contributed by atoms with E-state index in [2.05, 4.69) is 5.16 Å². The third kappa shape index (κ3) is 3.86. The van der Waals surface area contributed by atoms with Crippen molar-refractivity contribution >= 4 is 17.8 Å². The topological polar surface area (TPSA) is 88.4 Å². The fraction of sp³-hybridized carbons (Fsp3) is 0.786. The minimum Gasteiger partial charge on any atom is -0.477 e. The Balaban J connectivity index is 1.94. The molecule has 7 nitrogen and oxygen atoms in total. The Morgan fingerprint density at radius 2 is 2.05 bits per heavy atom. The number of ether oxygens (including phenoxy) is 1. The number of likely N-dealkylation sites (tertiary alicyclic amines) is 1. The van der Waals surface area contributed by atoms with Crippen LogP contribution in [-0.4, -0.2) is 52.1 Å². The van der Waals surface area contributed by atoms with Crippen LogP contribution in [0.25, 0.3) is 0 Å². The Kier molecular flexibility index (Phi) is 4.11. The molecule has 2 heterocycles. The van der Waals surface area contributed by atoms with Gasteiger partial charge in [0.25, 0.3) is 0 Å². The minimum atomic E-state index is -1.04. The molecule has 118 valence electrons. The first-order chi connectivity index (χ1) is 9.71. The van der Waals surface area contributed by atoms with Gasteiger partial charge >= 0.3 is 12.1 Å². The van der Waals surface area contributed by atoms with Crippen molar-refractivity contribution in [2.24, 2.45) is 5.16 Å². The standard InChI is InChI=1S/C14H22N2O5/c1-13(2,3)20-12(19)16-7-4-5-14(6-8-16)9-10(11(17)18)15-21-14/h4-9H2,1-3H3,(H,17,18). The van der Waals surface area contributed by atoms with Crippen LogP contribution in [0.2, 0.25) is 0 Å². The summed E-state index contributed by atoms with van der Waals surface area (Å²) in [6.45, 7) is 6.56. The van der Waals surface area contributed by atoms with Gasteiger partial charge in [-0.05, 0) is 33.6 Å². The van der Waals surface area contributed by atoms with Crippen LogP contribution in [0, 0.1) is 0 Å². The predicted octanol–water partition coefficient (Wildman–Crippen LogP) is 2.01. The summed E-state index contributed by atoms with van der Waals surface area (Å²) in [7, 11) is 0. The molecule has 1 atom stereocenters. The summed E-state index contributed by atoms with van der Waals surface area (Å²) >= 11 is 0. The van der Waals surface area contributed by atoms with Crippen molar-refractivity contribution in [1.82, 2.24) is 4.90 Å². The number of carbonyl (C=O) groups excluding carboxylic acids is 1. The van der Waals surface area contributed by atoms with Crippen LogP contribution in [0.15, 0.2) is 5.16 Å². The highest BCUT2D eigenvalue weighted by Crippen LogP contribution is 2.35.